The first-order valence-electron chi connectivity index (χ1n) is 6.29. The Labute approximate surface area is 121 Å². The van der Waals surface area contributed by atoms with Gasteiger partial charge in [-0.25, -0.2) is 0 Å². The lowest BCUT2D eigenvalue weighted by molar-refractivity contribution is 0.0733. The second-order valence-corrected chi connectivity index (χ2v) is 5.87. The number of amides is 1. The third kappa shape index (κ3) is 2.97. The smallest absolute Gasteiger partial charge is 0.254 e. The molecule has 1 aliphatic heterocycles. The van der Waals surface area contributed by atoms with Crippen LogP contribution in [-0.4, -0.2) is 34.8 Å². The van der Waals surface area contributed by atoms with Crippen molar-refractivity contribution in [2.45, 2.75) is 20.3 Å². The fourth-order valence-electron chi connectivity index (χ4n) is 2.35. The van der Waals surface area contributed by atoms with E-state index in [2.05, 4.69) is 21.1 Å². The van der Waals surface area contributed by atoms with Crippen LogP contribution in [0.5, 0.6) is 0 Å². The van der Waals surface area contributed by atoms with Crippen molar-refractivity contribution >= 4 is 27.5 Å². The van der Waals surface area contributed by atoms with E-state index in [1.165, 1.54) is 0 Å². The predicted octanol–water partition coefficient (Wildman–Crippen LogP) is 3.07. The molecule has 1 heterocycles. The van der Waals surface area contributed by atoms with Crippen molar-refractivity contribution in [3.05, 3.63) is 33.8 Å². The highest BCUT2D eigenvalue weighted by molar-refractivity contribution is 9.10. The van der Waals surface area contributed by atoms with E-state index >= 15 is 0 Å². The van der Waals surface area contributed by atoms with Crippen LogP contribution in [0.3, 0.4) is 0 Å². The zero-order valence-electron chi connectivity index (χ0n) is 11.1. The van der Waals surface area contributed by atoms with Gasteiger partial charge in [0.05, 0.1) is 5.71 Å². The molecule has 0 spiro atoms. The maximum Gasteiger partial charge on any atom is 0.254 e. The standard InChI is InChI=1S/C14H17BrN2O2/c1-9-3-4-11(15)7-12(9)14(18)17-6-5-13(16-19)10(2)8-17/h3-4,7,10,19H,5-6,8H2,1-2H3/b16-13+. The summed E-state index contributed by atoms with van der Waals surface area (Å²) in [6, 6.07) is 5.73. The fraction of sp³-hybridized carbons (Fsp3) is 0.429. The molecule has 4 nitrogen and oxygen atoms in total. The van der Waals surface area contributed by atoms with Gasteiger partial charge in [0.1, 0.15) is 0 Å². The summed E-state index contributed by atoms with van der Waals surface area (Å²) in [5, 5.41) is 12.2. The lowest BCUT2D eigenvalue weighted by Gasteiger charge is -2.31. The summed E-state index contributed by atoms with van der Waals surface area (Å²) >= 11 is 3.40. The SMILES string of the molecule is Cc1ccc(Br)cc1C(=O)N1CC/C(=N\O)C(C)C1. The number of halogens is 1. The zero-order valence-corrected chi connectivity index (χ0v) is 12.6. The van der Waals surface area contributed by atoms with E-state index in [1.807, 2.05) is 36.9 Å². The zero-order chi connectivity index (χ0) is 14.0. The Balaban J connectivity index is 2.19. The van der Waals surface area contributed by atoms with Gasteiger partial charge in [-0.3, -0.25) is 4.79 Å². The number of carbonyl (C=O) groups excluding carboxylic acids is 1. The molecule has 0 bridgehead atoms. The number of rotatable bonds is 1. The number of hydrogen-bond donors (Lipinski definition) is 1. The van der Waals surface area contributed by atoms with Crippen molar-refractivity contribution in [2.75, 3.05) is 13.1 Å². The van der Waals surface area contributed by atoms with Crippen LogP contribution < -0.4 is 0 Å². The molecule has 1 aromatic carbocycles. The average molecular weight is 325 g/mol. The number of aryl methyl sites for hydroxylation is 1. The lowest BCUT2D eigenvalue weighted by Crippen LogP contribution is -2.43. The van der Waals surface area contributed by atoms with Crippen molar-refractivity contribution < 1.29 is 10.0 Å². The van der Waals surface area contributed by atoms with Crippen LogP contribution in [0, 0.1) is 12.8 Å². The highest BCUT2D eigenvalue weighted by atomic mass is 79.9. The Hall–Kier alpha value is -1.36. The van der Waals surface area contributed by atoms with E-state index < -0.39 is 0 Å². The van der Waals surface area contributed by atoms with Gasteiger partial charge in [-0.2, -0.15) is 0 Å². The van der Waals surface area contributed by atoms with Crippen LogP contribution in [-0.2, 0) is 0 Å². The summed E-state index contributed by atoms with van der Waals surface area (Å²) in [7, 11) is 0. The lowest BCUT2D eigenvalue weighted by atomic mass is 9.96. The molecule has 1 atom stereocenters. The quantitative estimate of drug-likeness (QED) is 0.637. The van der Waals surface area contributed by atoms with Crippen LogP contribution in [0.2, 0.25) is 0 Å². The minimum absolute atomic E-state index is 0.0441. The van der Waals surface area contributed by atoms with E-state index in [1.54, 1.807) is 0 Å². The Kier molecular flexibility index (Phi) is 4.24. The molecule has 0 aromatic heterocycles. The fourth-order valence-corrected chi connectivity index (χ4v) is 2.71. The first-order valence-corrected chi connectivity index (χ1v) is 7.08. The molecular weight excluding hydrogens is 308 g/mol. The first-order chi connectivity index (χ1) is 9.02. The molecule has 1 aliphatic rings. The number of benzene rings is 1. The first kappa shape index (κ1) is 14.1. The predicted molar refractivity (Wildman–Crippen MR) is 77.8 cm³/mol. The number of oxime groups is 1. The second kappa shape index (κ2) is 5.74. The van der Waals surface area contributed by atoms with Gasteiger partial charge in [0, 0.05) is 35.5 Å². The Morgan fingerprint density at radius 1 is 1.53 bits per heavy atom. The number of hydrogen-bond acceptors (Lipinski definition) is 3. The molecular formula is C14H17BrN2O2. The Bertz CT molecular complexity index is 528. The van der Waals surface area contributed by atoms with Gasteiger partial charge in [0.25, 0.3) is 5.91 Å². The van der Waals surface area contributed by atoms with Crippen LogP contribution in [0.1, 0.15) is 29.3 Å². The molecule has 1 unspecified atom stereocenters. The van der Waals surface area contributed by atoms with Gasteiger partial charge < -0.3 is 10.1 Å². The van der Waals surface area contributed by atoms with E-state index in [0.717, 1.165) is 21.3 Å². The van der Waals surface area contributed by atoms with Crippen molar-refractivity contribution in [1.82, 2.24) is 4.90 Å². The summed E-state index contributed by atoms with van der Waals surface area (Å²) in [6.07, 6.45) is 0.635. The van der Waals surface area contributed by atoms with Crippen LogP contribution in [0.25, 0.3) is 0 Å². The van der Waals surface area contributed by atoms with Crippen molar-refractivity contribution in [1.29, 1.82) is 0 Å². The molecule has 1 amide bonds. The summed E-state index contributed by atoms with van der Waals surface area (Å²) in [4.78, 5) is 14.3. The van der Waals surface area contributed by atoms with Gasteiger partial charge in [-0.15, -0.1) is 0 Å². The topological polar surface area (TPSA) is 52.9 Å². The van der Waals surface area contributed by atoms with Gasteiger partial charge >= 0.3 is 0 Å². The van der Waals surface area contributed by atoms with Crippen molar-refractivity contribution in [2.24, 2.45) is 11.1 Å². The Morgan fingerprint density at radius 2 is 2.26 bits per heavy atom. The largest absolute Gasteiger partial charge is 0.411 e. The monoisotopic (exact) mass is 324 g/mol. The summed E-state index contributed by atoms with van der Waals surface area (Å²) < 4.78 is 0.907. The van der Waals surface area contributed by atoms with Gasteiger partial charge in [-0.05, 0) is 24.6 Å². The van der Waals surface area contributed by atoms with Gasteiger partial charge in [-0.1, -0.05) is 34.1 Å². The summed E-state index contributed by atoms with van der Waals surface area (Å²) in [5.74, 6) is 0.151. The molecule has 0 saturated carbocycles. The second-order valence-electron chi connectivity index (χ2n) is 4.95. The maximum absolute atomic E-state index is 12.5. The van der Waals surface area contributed by atoms with Crippen molar-refractivity contribution in [3.8, 4) is 0 Å². The molecule has 0 aliphatic carbocycles. The normalized spacial score (nSPS) is 21.7. The summed E-state index contributed by atoms with van der Waals surface area (Å²) in [6.45, 7) is 5.12. The molecule has 102 valence electrons. The third-order valence-corrected chi connectivity index (χ3v) is 4.04. The van der Waals surface area contributed by atoms with E-state index in [4.69, 9.17) is 5.21 Å². The van der Waals surface area contributed by atoms with Crippen LogP contribution >= 0.6 is 15.9 Å². The number of piperidine rings is 1. The highest BCUT2D eigenvalue weighted by Crippen LogP contribution is 2.21. The molecule has 1 fully saturated rings. The maximum atomic E-state index is 12.5. The molecule has 1 saturated heterocycles. The van der Waals surface area contributed by atoms with Gasteiger partial charge in [0.15, 0.2) is 0 Å². The highest BCUT2D eigenvalue weighted by Gasteiger charge is 2.27. The molecule has 0 radical (unpaired) electrons. The molecule has 1 N–H and O–H groups in total. The number of carbonyl (C=O) groups is 1. The van der Waals surface area contributed by atoms with E-state index in [9.17, 15) is 4.79 Å². The van der Waals surface area contributed by atoms with Crippen LogP contribution in [0.15, 0.2) is 27.8 Å². The average Bonchev–Trinajstić information content (AvgIpc) is 2.40. The number of likely N-dealkylation sites (tertiary alicyclic amines) is 1. The molecule has 5 heteroatoms. The van der Waals surface area contributed by atoms with Crippen LogP contribution in [0.4, 0.5) is 0 Å². The van der Waals surface area contributed by atoms with Gasteiger partial charge in [0.2, 0.25) is 0 Å². The Morgan fingerprint density at radius 3 is 2.89 bits per heavy atom. The van der Waals surface area contributed by atoms with E-state index in [0.29, 0.717) is 19.5 Å². The molecule has 2 rings (SSSR count). The summed E-state index contributed by atoms with van der Waals surface area (Å²) in [5.41, 5.74) is 2.48. The number of nitrogens with zero attached hydrogens (tertiary/aromatic N) is 2. The molecule has 1 aromatic rings. The van der Waals surface area contributed by atoms with Crippen molar-refractivity contribution in [3.63, 3.8) is 0 Å². The minimum atomic E-state index is 0.0441. The molecule has 19 heavy (non-hydrogen) atoms. The minimum Gasteiger partial charge on any atom is -0.411 e. The van der Waals surface area contributed by atoms with E-state index in [-0.39, 0.29) is 11.8 Å². The third-order valence-electron chi connectivity index (χ3n) is 3.55.